The summed E-state index contributed by atoms with van der Waals surface area (Å²) >= 11 is 5.96. The molecule has 0 spiro atoms. The zero-order valence-corrected chi connectivity index (χ0v) is 17.6. The lowest BCUT2D eigenvalue weighted by Gasteiger charge is -2.33. The van der Waals surface area contributed by atoms with Gasteiger partial charge in [0, 0.05) is 42.7 Å². The van der Waals surface area contributed by atoms with E-state index in [1.54, 1.807) is 13.2 Å². The van der Waals surface area contributed by atoms with Gasteiger partial charge in [-0.25, -0.2) is 9.38 Å². The van der Waals surface area contributed by atoms with E-state index in [0.717, 1.165) is 42.8 Å². The average molecular weight is 433 g/mol. The number of allylic oxidation sites excluding steroid dienone is 4. The second kappa shape index (κ2) is 8.98. The van der Waals surface area contributed by atoms with Gasteiger partial charge in [0.1, 0.15) is 12.1 Å². The highest BCUT2D eigenvalue weighted by molar-refractivity contribution is 6.31. The van der Waals surface area contributed by atoms with Crippen LogP contribution in [-0.4, -0.2) is 41.4 Å². The van der Waals surface area contributed by atoms with Crippen molar-refractivity contribution in [1.82, 2.24) is 9.88 Å². The Morgan fingerprint density at radius 3 is 3.00 bits per heavy atom. The monoisotopic (exact) mass is 432 g/mol. The number of nitrogens with zero attached hydrogens (tertiary/aromatic N) is 3. The first kappa shape index (κ1) is 21.2. The van der Waals surface area contributed by atoms with E-state index in [2.05, 4.69) is 14.9 Å². The zero-order chi connectivity index (χ0) is 21.3. The third kappa shape index (κ3) is 4.49. The fourth-order valence-corrected chi connectivity index (χ4v) is 4.54. The average Bonchev–Trinajstić information content (AvgIpc) is 2.73. The van der Waals surface area contributed by atoms with Gasteiger partial charge in [0.2, 0.25) is 5.88 Å². The van der Waals surface area contributed by atoms with Crippen LogP contribution in [0, 0.1) is 5.92 Å². The third-order valence-electron chi connectivity index (χ3n) is 5.86. The molecule has 3 atom stereocenters. The smallest absolute Gasteiger partial charge is 0.208 e. The number of aromatic nitrogens is 1. The summed E-state index contributed by atoms with van der Waals surface area (Å²) in [6, 6.07) is 1.75. The van der Waals surface area contributed by atoms with Crippen LogP contribution in [0.3, 0.4) is 0 Å². The number of halogens is 2. The van der Waals surface area contributed by atoms with Gasteiger partial charge in [0.25, 0.3) is 0 Å². The first-order valence-corrected chi connectivity index (χ1v) is 10.5. The second-order valence-electron chi connectivity index (χ2n) is 7.91. The Morgan fingerprint density at radius 2 is 2.27 bits per heavy atom. The Hall–Kier alpha value is -2.06. The number of nitrogens with two attached hydrogens (primary N) is 1. The van der Waals surface area contributed by atoms with E-state index in [0.29, 0.717) is 35.5 Å². The second-order valence-corrected chi connectivity index (χ2v) is 8.35. The summed E-state index contributed by atoms with van der Waals surface area (Å²) in [5.41, 5.74) is 8.84. The highest BCUT2D eigenvalue weighted by atomic mass is 35.5. The van der Waals surface area contributed by atoms with Crippen LogP contribution in [0.5, 0.6) is 0 Å². The molecule has 3 N–H and O–H groups in total. The lowest BCUT2D eigenvalue weighted by atomic mass is 9.85. The minimum atomic E-state index is -1.21. The molecule has 4 rings (SSSR count). The molecule has 3 aliphatic rings. The molecule has 0 saturated heterocycles. The number of ether oxygens (including phenoxy) is 1. The first-order valence-electron chi connectivity index (χ1n) is 10.1. The molecule has 0 fully saturated rings. The quantitative estimate of drug-likeness (QED) is 0.696. The highest BCUT2D eigenvalue weighted by Crippen LogP contribution is 2.39. The maximum atomic E-state index is 14.7. The van der Waals surface area contributed by atoms with Crippen LogP contribution in [0.25, 0.3) is 0 Å². The summed E-state index contributed by atoms with van der Waals surface area (Å²) in [4.78, 5) is 11.2. The molecule has 0 amide bonds. The predicted molar refractivity (Wildman–Crippen MR) is 115 cm³/mol. The van der Waals surface area contributed by atoms with Gasteiger partial charge in [0.05, 0.1) is 18.5 Å². The Bertz CT molecular complexity index is 941. The number of methoxy groups -OCH3 is 1. The molecule has 3 heterocycles. The van der Waals surface area contributed by atoms with E-state index in [1.807, 2.05) is 18.4 Å². The van der Waals surface area contributed by atoms with Crippen LogP contribution >= 0.6 is 11.6 Å². The van der Waals surface area contributed by atoms with Gasteiger partial charge in [-0.15, -0.1) is 0 Å². The van der Waals surface area contributed by atoms with Gasteiger partial charge in [0.15, 0.2) is 0 Å². The van der Waals surface area contributed by atoms with Gasteiger partial charge in [-0.1, -0.05) is 17.7 Å². The number of rotatable bonds is 5. The molecule has 8 heteroatoms. The van der Waals surface area contributed by atoms with Gasteiger partial charge in [-0.05, 0) is 48.6 Å². The van der Waals surface area contributed by atoms with Crippen LogP contribution in [0.2, 0.25) is 0 Å². The topological polar surface area (TPSA) is 84.0 Å². The molecule has 0 radical (unpaired) electrons. The highest BCUT2D eigenvalue weighted by Gasteiger charge is 2.29. The molecule has 30 heavy (non-hydrogen) atoms. The predicted octanol–water partition coefficient (Wildman–Crippen LogP) is 3.43. The SMILES string of the molecule is COC1=CC(CN2CCc3c(C4CC=C(Cl)C=C4F)cc(C(N)O)nc3C2)CC=N1. The summed E-state index contributed by atoms with van der Waals surface area (Å²) in [5, 5.41) is 10.4. The summed E-state index contributed by atoms with van der Waals surface area (Å²) in [6.07, 6.45) is 8.02. The van der Waals surface area contributed by atoms with Crippen LogP contribution in [0.4, 0.5) is 4.39 Å². The molecule has 1 aromatic rings. The summed E-state index contributed by atoms with van der Waals surface area (Å²) in [6.45, 7) is 2.33. The Labute approximate surface area is 180 Å². The maximum Gasteiger partial charge on any atom is 0.208 e. The first-order chi connectivity index (χ1) is 14.4. The minimum Gasteiger partial charge on any atom is -0.481 e. The molecule has 160 valence electrons. The molecule has 0 saturated carbocycles. The van der Waals surface area contributed by atoms with E-state index in [-0.39, 0.29) is 5.83 Å². The number of hydrogen-bond donors (Lipinski definition) is 2. The fraction of sp³-hybridized carbons (Fsp3) is 0.455. The molecule has 1 aliphatic carbocycles. The van der Waals surface area contributed by atoms with Gasteiger partial charge >= 0.3 is 0 Å². The number of aliphatic hydroxyl groups is 1. The Balaban J connectivity index is 1.59. The van der Waals surface area contributed by atoms with Crippen LogP contribution in [-0.2, 0) is 17.7 Å². The standard InChI is InChI=1S/C22H26ClFN4O2/c1-30-21-8-13(4-6-26-21)11-28-7-5-16-17(15-3-2-14(23)9-18(15)24)10-19(22(25)29)27-20(16)12-28/h2,6,8-10,13,15,22,29H,3-5,7,11-12,25H2,1H3. The number of hydrogen-bond acceptors (Lipinski definition) is 6. The zero-order valence-electron chi connectivity index (χ0n) is 16.9. The van der Waals surface area contributed by atoms with Crippen molar-refractivity contribution in [3.8, 4) is 0 Å². The molecule has 0 bridgehead atoms. The van der Waals surface area contributed by atoms with Gasteiger partial charge < -0.3 is 15.6 Å². The summed E-state index contributed by atoms with van der Waals surface area (Å²) in [5.74, 6) is 0.265. The molecule has 6 nitrogen and oxygen atoms in total. The van der Waals surface area contributed by atoms with E-state index in [9.17, 15) is 9.50 Å². The fourth-order valence-electron chi connectivity index (χ4n) is 4.35. The van der Waals surface area contributed by atoms with E-state index >= 15 is 0 Å². The third-order valence-corrected chi connectivity index (χ3v) is 6.12. The lowest BCUT2D eigenvalue weighted by Crippen LogP contribution is -2.36. The van der Waals surface area contributed by atoms with Crippen molar-refractivity contribution in [2.24, 2.45) is 16.6 Å². The van der Waals surface area contributed by atoms with Crippen molar-refractivity contribution >= 4 is 17.8 Å². The normalized spacial score (nSPS) is 25.2. The molecule has 2 aliphatic heterocycles. The maximum absolute atomic E-state index is 14.7. The van der Waals surface area contributed by atoms with Crippen molar-refractivity contribution in [2.75, 3.05) is 20.2 Å². The molecule has 1 aromatic heterocycles. The van der Waals surface area contributed by atoms with Crippen molar-refractivity contribution < 1.29 is 14.2 Å². The molecular formula is C22H26ClFN4O2. The van der Waals surface area contributed by atoms with Crippen molar-refractivity contribution in [3.05, 3.63) is 63.6 Å². The summed E-state index contributed by atoms with van der Waals surface area (Å²) < 4.78 is 20.0. The molecular weight excluding hydrogens is 407 g/mol. The Morgan fingerprint density at radius 1 is 1.43 bits per heavy atom. The Kier molecular flexibility index (Phi) is 6.34. The van der Waals surface area contributed by atoms with Crippen molar-refractivity contribution in [1.29, 1.82) is 0 Å². The number of aliphatic imine (C=N–C) groups is 1. The van der Waals surface area contributed by atoms with E-state index < -0.39 is 12.1 Å². The largest absolute Gasteiger partial charge is 0.481 e. The van der Waals surface area contributed by atoms with Crippen molar-refractivity contribution in [2.45, 2.75) is 38.0 Å². The van der Waals surface area contributed by atoms with Gasteiger partial charge in [-0.3, -0.25) is 9.88 Å². The van der Waals surface area contributed by atoms with Crippen LogP contribution in [0.15, 0.2) is 46.0 Å². The van der Waals surface area contributed by atoms with Gasteiger partial charge in [-0.2, -0.15) is 0 Å². The summed E-state index contributed by atoms with van der Waals surface area (Å²) in [7, 11) is 1.62. The van der Waals surface area contributed by atoms with E-state index in [4.69, 9.17) is 22.1 Å². The minimum absolute atomic E-state index is 0.269. The number of aliphatic hydroxyl groups excluding tert-OH is 1. The number of pyridine rings is 1. The molecule has 3 unspecified atom stereocenters. The molecule has 0 aromatic carbocycles. The van der Waals surface area contributed by atoms with E-state index in [1.165, 1.54) is 6.08 Å². The van der Waals surface area contributed by atoms with Crippen molar-refractivity contribution in [3.63, 3.8) is 0 Å². The number of fused-ring (bicyclic) bond motifs is 1. The lowest BCUT2D eigenvalue weighted by molar-refractivity contribution is 0.178. The van der Waals surface area contributed by atoms with Crippen LogP contribution in [0.1, 0.15) is 47.5 Å². The van der Waals surface area contributed by atoms with Crippen LogP contribution < -0.4 is 5.73 Å².